The Bertz CT molecular complexity index is 2340. The molecule has 0 saturated heterocycles. The summed E-state index contributed by atoms with van der Waals surface area (Å²) in [7, 11) is 0. The fourth-order valence-electron chi connectivity index (χ4n) is 13.2. The van der Waals surface area contributed by atoms with E-state index in [1.807, 2.05) is 5.79 Å². The first kappa shape index (κ1) is 61.5. The van der Waals surface area contributed by atoms with E-state index in [0.717, 1.165) is 0 Å². The van der Waals surface area contributed by atoms with Gasteiger partial charge in [0.2, 0.25) is 0 Å². The van der Waals surface area contributed by atoms with Crippen LogP contribution in [0, 0.1) is 0 Å². The Morgan fingerprint density at radius 1 is 0.293 bits per heavy atom. The zero-order valence-electron chi connectivity index (χ0n) is 48.8. The summed E-state index contributed by atoms with van der Waals surface area (Å²) in [5, 5.41) is 0. The van der Waals surface area contributed by atoms with E-state index in [1.165, 1.54) is 218 Å². The van der Waals surface area contributed by atoms with Crippen molar-refractivity contribution in [3.63, 3.8) is 0 Å². The Kier molecular flexibility index (Phi) is 26.0. The molecule has 1 aliphatic rings. The summed E-state index contributed by atoms with van der Waals surface area (Å²) in [5.41, 5.74) is 9.17. The number of benzene rings is 2. The van der Waals surface area contributed by atoms with Crippen molar-refractivity contribution in [2.75, 3.05) is 0 Å². The Balaban J connectivity index is 1.25. The second-order valence-electron chi connectivity index (χ2n) is 23.5. The van der Waals surface area contributed by atoms with Gasteiger partial charge in [-0.2, -0.15) is 0 Å². The zero-order valence-corrected chi connectivity index (χ0v) is 57.8. The van der Waals surface area contributed by atoms with Gasteiger partial charge in [-0.3, -0.25) is 0 Å². The van der Waals surface area contributed by atoms with Crippen LogP contribution in [0.2, 0.25) is 26.6 Å². The van der Waals surface area contributed by atoms with E-state index in [2.05, 4.69) is 186 Å². The maximum absolute atomic E-state index is 2.71. The van der Waals surface area contributed by atoms with Crippen LogP contribution in [0.1, 0.15) is 233 Å². The summed E-state index contributed by atoms with van der Waals surface area (Å²) in [6.07, 6.45) is 35.2. The van der Waals surface area contributed by atoms with Gasteiger partial charge in [-0.15, -0.1) is 0 Å². The van der Waals surface area contributed by atoms with Crippen LogP contribution in [0.15, 0.2) is 84.9 Å². The molecule has 7 rings (SSSR count). The third-order valence-corrected chi connectivity index (χ3v) is 59.2. The molecule has 0 fully saturated rings. The molecular weight excluding hydrogens is 1190 g/mol. The van der Waals surface area contributed by atoms with Gasteiger partial charge in [-0.1, -0.05) is 78.1 Å². The van der Waals surface area contributed by atoms with Gasteiger partial charge in [0.25, 0.3) is 0 Å². The van der Waals surface area contributed by atoms with Crippen LogP contribution in [0.3, 0.4) is 0 Å². The standard InChI is InChI=1S/C45H48S4.6C4H9.2Sn/c1-3-5-7-9-11-13-27-45(28-14-12-10-8-6-4-2)37-31-33(39-23-25-43(48-39)41-17-15-29-46-41)19-21-35(37)36-22-20-34(32-38(36)45)40-24-26-44(49-40)42-18-16-30-47-42;6*1-3-4-2;;/h15-26,31-32H,3-14,27-28H2,1-2H3;6*1,3-4H2,2H3;;. The molecule has 0 atom stereocenters. The molecule has 2 aromatic carbocycles. The maximum atomic E-state index is 2.71. The Morgan fingerprint density at radius 3 is 0.933 bits per heavy atom. The van der Waals surface area contributed by atoms with Crippen LogP contribution in [0.25, 0.3) is 51.5 Å². The van der Waals surface area contributed by atoms with Crippen LogP contribution in [0.5, 0.6) is 0 Å². The van der Waals surface area contributed by atoms with Gasteiger partial charge in [0.15, 0.2) is 0 Å². The van der Waals surface area contributed by atoms with Gasteiger partial charge < -0.3 is 0 Å². The van der Waals surface area contributed by atoms with E-state index in [-0.39, 0.29) is 5.41 Å². The molecule has 0 aliphatic heterocycles. The predicted octanol–water partition coefficient (Wildman–Crippen LogP) is 24.5. The Hall–Kier alpha value is -1.16. The van der Waals surface area contributed by atoms with Crippen molar-refractivity contribution in [1.29, 1.82) is 0 Å². The molecule has 0 N–H and O–H groups in total. The van der Waals surface area contributed by atoms with Gasteiger partial charge in [0.1, 0.15) is 0 Å². The number of unbranched alkanes of at least 4 members (excludes halogenated alkanes) is 16. The van der Waals surface area contributed by atoms with E-state index in [0.29, 0.717) is 0 Å². The van der Waals surface area contributed by atoms with Crippen molar-refractivity contribution < 1.29 is 0 Å². The molecule has 0 amide bonds. The van der Waals surface area contributed by atoms with Crippen molar-refractivity contribution in [2.24, 2.45) is 0 Å². The summed E-state index contributed by atoms with van der Waals surface area (Å²) in [4.78, 5) is 8.87. The average Bonchev–Trinajstić information content (AvgIpc) is 4.34. The second kappa shape index (κ2) is 31.7. The van der Waals surface area contributed by atoms with E-state index in [9.17, 15) is 0 Å². The number of rotatable bonds is 38. The SMILES string of the molecule is CCCCCCCCC1(CCCCCCCC)c2cc(-c3ccc(-c4cc[c]([Sn]([CH2]CCC)([CH2]CCC)[CH2]CCC)s4)s3)ccc2-c2ccc(-c3ccc(-c4cc[c]([Sn]([CH2]CCC)([CH2]CCC)[CH2]CCC)s4)s3)cc21. The third kappa shape index (κ3) is 15.6. The van der Waals surface area contributed by atoms with Gasteiger partial charge in [-0.25, -0.2) is 0 Å². The third-order valence-electron chi connectivity index (χ3n) is 17.9. The summed E-state index contributed by atoms with van der Waals surface area (Å²) < 4.78 is 13.0. The number of fused-ring (bicyclic) bond motifs is 3. The van der Waals surface area contributed by atoms with Crippen LogP contribution in [0.4, 0.5) is 0 Å². The number of thiophene rings is 4. The fraction of sp³-hybridized carbons (Fsp3) is 0.594. The molecule has 1 aliphatic carbocycles. The van der Waals surface area contributed by atoms with Gasteiger partial charge in [0, 0.05) is 0 Å². The van der Waals surface area contributed by atoms with Crippen LogP contribution < -0.4 is 5.79 Å². The van der Waals surface area contributed by atoms with Gasteiger partial charge in [0.05, 0.1) is 0 Å². The molecule has 0 nitrogen and oxygen atoms in total. The summed E-state index contributed by atoms with van der Waals surface area (Å²) in [6.45, 7) is 19.2. The van der Waals surface area contributed by atoms with Crippen LogP contribution in [-0.4, -0.2) is 36.8 Å². The molecule has 0 saturated carbocycles. The van der Waals surface area contributed by atoms with E-state index in [1.54, 1.807) is 37.7 Å². The van der Waals surface area contributed by atoms with E-state index < -0.39 is 36.8 Å². The van der Waals surface area contributed by atoms with E-state index in [4.69, 9.17) is 0 Å². The molecule has 0 radical (unpaired) electrons. The van der Waals surface area contributed by atoms with Crippen molar-refractivity contribution in [1.82, 2.24) is 0 Å². The van der Waals surface area contributed by atoms with Crippen molar-refractivity contribution >= 4 is 87.9 Å². The molecule has 75 heavy (non-hydrogen) atoms. The van der Waals surface area contributed by atoms with Gasteiger partial charge >= 0.3 is 412 Å². The van der Waals surface area contributed by atoms with Crippen LogP contribution in [-0.2, 0) is 5.41 Å². The van der Waals surface area contributed by atoms with Crippen LogP contribution >= 0.6 is 45.3 Å². The molecule has 6 heteroatoms. The Morgan fingerprint density at radius 2 is 0.587 bits per heavy atom. The number of hydrogen-bond acceptors (Lipinski definition) is 4. The molecule has 4 heterocycles. The predicted molar refractivity (Wildman–Crippen MR) is 351 cm³/mol. The van der Waals surface area contributed by atoms with Crippen molar-refractivity contribution in [3.05, 3.63) is 96.1 Å². The first-order valence-electron chi connectivity index (χ1n) is 31.5. The summed E-state index contributed by atoms with van der Waals surface area (Å²) in [6, 6.07) is 35.8. The summed E-state index contributed by atoms with van der Waals surface area (Å²) in [5.74, 6) is 0. The first-order valence-corrected chi connectivity index (χ1v) is 49.7. The minimum atomic E-state index is -2.49. The number of hydrogen-bond donors (Lipinski definition) is 0. The quantitative estimate of drug-likeness (QED) is 0.0268. The molecule has 6 aromatic rings. The monoisotopic (exact) mass is 1300 g/mol. The molecule has 4 aromatic heterocycles. The normalized spacial score (nSPS) is 13.3. The molecule has 0 unspecified atom stereocenters. The molecule has 410 valence electrons. The second-order valence-corrected chi connectivity index (χ2v) is 56.1. The Labute approximate surface area is 484 Å². The van der Waals surface area contributed by atoms with Crippen molar-refractivity contribution in [2.45, 2.75) is 254 Å². The fourth-order valence-corrected chi connectivity index (χ4v) is 55.7. The summed E-state index contributed by atoms with van der Waals surface area (Å²) >= 11 is 3.55. The minimum absolute atomic E-state index is 0.0370. The van der Waals surface area contributed by atoms with Crippen molar-refractivity contribution in [3.8, 4) is 51.5 Å². The first-order chi connectivity index (χ1) is 36.8. The zero-order chi connectivity index (χ0) is 52.9. The molecular formula is C69H102S4Sn2. The van der Waals surface area contributed by atoms with Gasteiger partial charge in [-0.05, 0) is 0 Å². The van der Waals surface area contributed by atoms with E-state index >= 15 is 0 Å². The molecule has 0 spiro atoms. The molecule has 0 bridgehead atoms. The topological polar surface area (TPSA) is 0 Å². The average molecular weight is 1300 g/mol.